The van der Waals surface area contributed by atoms with Crippen molar-refractivity contribution in [2.75, 3.05) is 6.54 Å². The lowest BCUT2D eigenvalue weighted by Crippen LogP contribution is -2.55. The first-order valence-electron chi connectivity index (χ1n) is 7.83. The minimum atomic E-state index is -4.44. The predicted molar refractivity (Wildman–Crippen MR) is 95.6 cm³/mol. The van der Waals surface area contributed by atoms with Crippen LogP contribution < -0.4 is 11.1 Å². The van der Waals surface area contributed by atoms with Gasteiger partial charge in [-0.1, -0.05) is 19.9 Å². The SMILES string of the molecule is CC(C)C(C)(CN)NC(=O)c1ccn(-c2cccc(C(F)(F)F)c2)n1.Cl. The van der Waals surface area contributed by atoms with Gasteiger partial charge in [-0.25, -0.2) is 4.68 Å². The molecule has 26 heavy (non-hydrogen) atoms. The van der Waals surface area contributed by atoms with Crippen molar-refractivity contribution in [1.82, 2.24) is 15.1 Å². The van der Waals surface area contributed by atoms with E-state index in [1.807, 2.05) is 20.8 Å². The minimum Gasteiger partial charge on any atom is -0.344 e. The van der Waals surface area contributed by atoms with Gasteiger partial charge in [0.25, 0.3) is 5.91 Å². The summed E-state index contributed by atoms with van der Waals surface area (Å²) in [5.41, 5.74) is 4.70. The van der Waals surface area contributed by atoms with Gasteiger partial charge in [-0.3, -0.25) is 4.79 Å². The summed E-state index contributed by atoms with van der Waals surface area (Å²) in [6, 6.07) is 6.20. The molecule has 1 atom stereocenters. The Bertz CT molecular complexity index is 760. The quantitative estimate of drug-likeness (QED) is 0.821. The van der Waals surface area contributed by atoms with E-state index in [0.717, 1.165) is 12.1 Å². The molecule has 2 rings (SSSR count). The monoisotopic (exact) mass is 390 g/mol. The summed E-state index contributed by atoms with van der Waals surface area (Å²) < 4.78 is 39.7. The molecule has 1 aromatic heterocycles. The molecule has 0 spiro atoms. The molecule has 5 nitrogen and oxygen atoms in total. The summed E-state index contributed by atoms with van der Waals surface area (Å²) in [6.45, 7) is 5.97. The molecular formula is C17H22ClF3N4O. The lowest BCUT2D eigenvalue weighted by molar-refractivity contribution is -0.137. The molecule has 9 heteroatoms. The van der Waals surface area contributed by atoms with E-state index in [1.165, 1.54) is 29.1 Å². The van der Waals surface area contributed by atoms with Crippen LogP contribution in [0, 0.1) is 5.92 Å². The maximum atomic E-state index is 12.8. The Morgan fingerprint density at radius 1 is 1.31 bits per heavy atom. The first-order chi connectivity index (χ1) is 11.6. The highest BCUT2D eigenvalue weighted by atomic mass is 35.5. The van der Waals surface area contributed by atoms with Gasteiger partial charge < -0.3 is 11.1 Å². The number of carbonyl (C=O) groups is 1. The van der Waals surface area contributed by atoms with Gasteiger partial charge in [-0.05, 0) is 37.1 Å². The molecular weight excluding hydrogens is 369 g/mol. The third-order valence-corrected chi connectivity index (χ3v) is 4.36. The molecule has 0 aliphatic rings. The highest BCUT2D eigenvalue weighted by molar-refractivity contribution is 5.92. The van der Waals surface area contributed by atoms with E-state index in [9.17, 15) is 18.0 Å². The van der Waals surface area contributed by atoms with E-state index < -0.39 is 23.2 Å². The molecule has 0 bridgehead atoms. The first kappa shape index (κ1) is 22.0. The van der Waals surface area contributed by atoms with Crippen LogP contribution >= 0.6 is 12.4 Å². The molecule has 3 N–H and O–H groups in total. The molecule has 0 aliphatic heterocycles. The fraction of sp³-hybridized carbons (Fsp3) is 0.412. The molecule has 1 aromatic carbocycles. The zero-order valence-corrected chi connectivity index (χ0v) is 15.5. The number of hydrogen-bond acceptors (Lipinski definition) is 3. The number of nitrogens with two attached hydrogens (primary N) is 1. The van der Waals surface area contributed by atoms with Gasteiger partial charge in [0.2, 0.25) is 0 Å². The number of rotatable bonds is 5. The van der Waals surface area contributed by atoms with Gasteiger partial charge in [0, 0.05) is 12.7 Å². The summed E-state index contributed by atoms with van der Waals surface area (Å²) in [6.07, 6.45) is -3.00. The van der Waals surface area contributed by atoms with Crippen molar-refractivity contribution in [2.24, 2.45) is 11.7 Å². The lowest BCUT2D eigenvalue weighted by Gasteiger charge is -2.33. The van der Waals surface area contributed by atoms with Gasteiger partial charge in [0.05, 0.1) is 16.8 Å². The Labute approximate surface area is 156 Å². The van der Waals surface area contributed by atoms with Crippen LogP contribution in [0.1, 0.15) is 36.8 Å². The van der Waals surface area contributed by atoms with E-state index in [2.05, 4.69) is 10.4 Å². The lowest BCUT2D eigenvalue weighted by atomic mass is 9.88. The second-order valence-corrected chi connectivity index (χ2v) is 6.42. The zero-order chi connectivity index (χ0) is 18.8. The topological polar surface area (TPSA) is 72.9 Å². The van der Waals surface area contributed by atoms with Crippen LogP contribution in [0.15, 0.2) is 36.5 Å². The fourth-order valence-corrected chi connectivity index (χ4v) is 2.17. The molecule has 1 unspecified atom stereocenters. The summed E-state index contributed by atoms with van der Waals surface area (Å²) >= 11 is 0. The maximum absolute atomic E-state index is 12.8. The summed E-state index contributed by atoms with van der Waals surface area (Å²) in [7, 11) is 0. The van der Waals surface area contributed by atoms with Crippen LogP contribution in [-0.4, -0.2) is 27.8 Å². The van der Waals surface area contributed by atoms with E-state index in [1.54, 1.807) is 0 Å². The van der Waals surface area contributed by atoms with Crippen LogP contribution in [0.3, 0.4) is 0 Å². The standard InChI is InChI=1S/C17H21F3N4O.ClH/c1-11(2)16(3,10-21)22-15(25)14-7-8-24(23-14)13-6-4-5-12(9-13)17(18,19)20;/h4-9,11H,10,21H2,1-3H3,(H,22,25);1H. The van der Waals surface area contributed by atoms with Gasteiger partial charge in [-0.15, -0.1) is 12.4 Å². The number of carbonyl (C=O) groups excluding carboxylic acids is 1. The van der Waals surface area contributed by atoms with Crippen molar-refractivity contribution >= 4 is 18.3 Å². The van der Waals surface area contributed by atoms with E-state index in [0.29, 0.717) is 0 Å². The van der Waals surface area contributed by atoms with Crippen molar-refractivity contribution in [3.63, 3.8) is 0 Å². The van der Waals surface area contributed by atoms with Crippen LogP contribution in [0.2, 0.25) is 0 Å². The van der Waals surface area contributed by atoms with Crippen molar-refractivity contribution in [2.45, 2.75) is 32.5 Å². The molecule has 0 fully saturated rings. The molecule has 144 valence electrons. The van der Waals surface area contributed by atoms with Crippen molar-refractivity contribution in [3.8, 4) is 5.69 Å². The number of benzene rings is 1. The number of nitrogens with one attached hydrogen (secondary N) is 1. The summed E-state index contributed by atoms with van der Waals surface area (Å²) in [5, 5.41) is 6.92. The van der Waals surface area contributed by atoms with E-state index >= 15 is 0 Å². The van der Waals surface area contributed by atoms with Crippen LogP contribution in [0.4, 0.5) is 13.2 Å². The molecule has 0 aliphatic carbocycles. The zero-order valence-electron chi connectivity index (χ0n) is 14.7. The second kappa shape index (κ2) is 8.09. The van der Waals surface area contributed by atoms with Gasteiger partial charge >= 0.3 is 6.18 Å². The molecule has 0 radical (unpaired) electrons. The fourth-order valence-electron chi connectivity index (χ4n) is 2.17. The Balaban J connectivity index is 0.00000338. The Morgan fingerprint density at radius 3 is 2.50 bits per heavy atom. The number of halogens is 4. The Hall–Kier alpha value is -2.06. The molecule has 1 heterocycles. The van der Waals surface area contributed by atoms with E-state index in [-0.39, 0.29) is 36.3 Å². The predicted octanol–water partition coefficient (Wildman–Crippen LogP) is 3.42. The van der Waals surface area contributed by atoms with Gasteiger partial charge in [0.1, 0.15) is 0 Å². The largest absolute Gasteiger partial charge is 0.416 e. The number of amides is 1. The number of hydrogen-bond donors (Lipinski definition) is 2. The molecule has 0 saturated heterocycles. The average molecular weight is 391 g/mol. The van der Waals surface area contributed by atoms with E-state index in [4.69, 9.17) is 5.73 Å². The molecule has 1 amide bonds. The maximum Gasteiger partial charge on any atom is 0.416 e. The van der Waals surface area contributed by atoms with Crippen molar-refractivity contribution in [1.29, 1.82) is 0 Å². The average Bonchev–Trinajstić information content (AvgIpc) is 3.04. The number of nitrogens with zero attached hydrogens (tertiary/aromatic N) is 2. The highest BCUT2D eigenvalue weighted by Crippen LogP contribution is 2.30. The number of alkyl halides is 3. The Morgan fingerprint density at radius 2 is 1.96 bits per heavy atom. The highest BCUT2D eigenvalue weighted by Gasteiger charge is 2.31. The summed E-state index contributed by atoms with van der Waals surface area (Å²) in [4.78, 5) is 12.4. The minimum absolute atomic E-state index is 0. The summed E-state index contributed by atoms with van der Waals surface area (Å²) in [5.74, 6) is -0.320. The van der Waals surface area contributed by atoms with Crippen molar-refractivity contribution in [3.05, 3.63) is 47.8 Å². The first-order valence-corrected chi connectivity index (χ1v) is 7.83. The van der Waals surface area contributed by atoms with Gasteiger partial charge in [-0.2, -0.15) is 18.3 Å². The second-order valence-electron chi connectivity index (χ2n) is 6.42. The smallest absolute Gasteiger partial charge is 0.344 e. The van der Waals surface area contributed by atoms with Crippen LogP contribution in [0.5, 0.6) is 0 Å². The third kappa shape index (κ3) is 4.76. The van der Waals surface area contributed by atoms with Crippen LogP contribution in [-0.2, 0) is 6.18 Å². The normalized spacial score (nSPS) is 13.8. The van der Waals surface area contributed by atoms with Gasteiger partial charge in [0.15, 0.2) is 5.69 Å². The molecule has 2 aromatic rings. The third-order valence-electron chi connectivity index (χ3n) is 4.36. The Kier molecular flexibility index (Phi) is 6.84. The molecule has 0 saturated carbocycles. The van der Waals surface area contributed by atoms with Crippen molar-refractivity contribution < 1.29 is 18.0 Å². The van der Waals surface area contributed by atoms with Crippen LogP contribution in [0.25, 0.3) is 5.69 Å². The number of aromatic nitrogens is 2.